The first-order valence-corrected chi connectivity index (χ1v) is 8.28. The van der Waals surface area contributed by atoms with E-state index in [1.54, 1.807) is 0 Å². The van der Waals surface area contributed by atoms with Crippen LogP contribution in [0.3, 0.4) is 0 Å². The van der Waals surface area contributed by atoms with Crippen LogP contribution in [0.25, 0.3) is 0 Å². The lowest BCUT2D eigenvalue weighted by Crippen LogP contribution is -2.61. The minimum absolute atomic E-state index is 0.251. The Morgan fingerprint density at radius 2 is 2.05 bits per heavy atom. The van der Waals surface area contributed by atoms with E-state index < -0.39 is 0 Å². The van der Waals surface area contributed by atoms with E-state index in [4.69, 9.17) is 9.47 Å². The molecule has 4 nitrogen and oxygen atoms in total. The van der Waals surface area contributed by atoms with Crippen molar-refractivity contribution >= 4 is 0 Å². The highest BCUT2D eigenvalue weighted by atomic mass is 16.6. The number of hydrogen-bond acceptors (Lipinski definition) is 4. The van der Waals surface area contributed by atoms with Crippen LogP contribution in [0.5, 0.6) is 0 Å². The van der Waals surface area contributed by atoms with Crippen LogP contribution in [0, 0.1) is 11.8 Å². The van der Waals surface area contributed by atoms with Crippen LogP contribution < -0.4 is 5.32 Å². The molecule has 4 unspecified atom stereocenters. The van der Waals surface area contributed by atoms with E-state index in [1.807, 2.05) is 0 Å². The summed E-state index contributed by atoms with van der Waals surface area (Å²) < 4.78 is 11.4. The summed E-state index contributed by atoms with van der Waals surface area (Å²) >= 11 is 0. The first-order valence-electron chi connectivity index (χ1n) is 8.28. The van der Waals surface area contributed by atoms with E-state index in [1.165, 1.54) is 6.42 Å². The zero-order valence-corrected chi connectivity index (χ0v) is 13.6. The van der Waals surface area contributed by atoms with Crippen LogP contribution in [0.4, 0.5) is 0 Å². The fourth-order valence-corrected chi connectivity index (χ4v) is 3.29. The summed E-state index contributed by atoms with van der Waals surface area (Å²) in [6.07, 6.45) is 1.49. The van der Waals surface area contributed by atoms with Gasteiger partial charge in [0.15, 0.2) is 0 Å². The van der Waals surface area contributed by atoms with Crippen molar-refractivity contribution < 1.29 is 9.47 Å². The number of ether oxygens (including phenoxy) is 2. The maximum atomic E-state index is 5.84. The number of rotatable bonds is 5. The Bertz CT molecular complexity index is 278. The van der Waals surface area contributed by atoms with Gasteiger partial charge >= 0.3 is 0 Å². The molecule has 0 aromatic carbocycles. The van der Waals surface area contributed by atoms with Gasteiger partial charge in [0.1, 0.15) is 0 Å². The molecule has 0 aromatic heterocycles. The fourth-order valence-electron chi connectivity index (χ4n) is 3.29. The van der Waals surface area contributed by atoms with Gasteiger partial charge in [-0.05, 0) is 11.8 Å². The van der Waals surface area contributed by atoms with Gasteiger partial charge in [-0.15, -0.1) is 0 Å². The molecule has 1 N–H and O–H groups in total. The molecule has 0 aromatic rings. The number of nitrogens with zero attached hydrogens (tertiary/aromatic N) is 1. The van der Waals surface area contributed by atoms with E-state index in [-0.39, 0.29) is 6.10 Å². The smallest absolute Gasteiger partial charge is 0.0936 e. The third-order valence-electron chi connectivity index (χ3n) is 4.91. The molecule has 20 heavy (non-hydrogen) atoms. The SMILES string of the molecule is CCC(C)C1CN(CC2COCCO2)C(C(C)C)CN1. The van der Waals surface area contributed by atoms with Gasteiger partial charge in [0.05, 0.1) is 25.9 Å². The molecule has 118 valence electrons. The van der Waals surface area contributed by atoms with Crippen molar-refractivity contribution in [3.8, 4) is 0 Å². The number of nitrogens with one attached hydrogen (secondary N) is 1. The molecule has 2 saturated heterocycles. The van der Waals surface area contributed by atoms with Gasteiger partial charge in [-0.3, -0.25) is 4.90 Å². The van der Waals surface area contributed by atoms with Gasteiger partial charge in [0.2, 0.25) is 0 Å². The highest BCUT2D eigenvalue weighted by Gasteiger charge is 2.33. The quantitative estimate of drug-likeness (QED) is 0.834. The first-order chi connectivity index (χ1) is 9.61. The van der Waals surface area contributed by atoms with Crippen LogP contribution in [0.15, 0.2) is 0 Å². The van der Waals surface area contributed by atoms with Gasteiger partial charge in [-0.25, -0.2) is 0 Å². The molecule has 4 atom stereocenters. The summed E-state index contributed by atoms with van der Waals surface area (Å²) in [6.45, 7) is 14.8. The molecule has 0 bridgehead atoms. The summed E-state index contributed by atoms with van der Waals surface area (Å²) in [5, 5.41) is 3.75. The Morgan fingerprint density at radius 3 is 2.65 bits per heavy atom. The molecule has 4 heteroatoms. The summed E-state index contributed by atoms with van der Waals surface area (Å²) in [6, 6.07) is 1.22. The summed E-state index contributed by atoms with van der Waals surface area (Å²) in [5.74, 6) is 1.40. The molecule has 2 aliphatic heterocycles. The maximum absolute atomic E-state index is 5.84. The Hall–Kier alpha value is -0.160. The normalized spacial score (nSPS) is 34.4. The number of hydrogen-bond donors (Lipinski definition) is 1. The first kappa shape index (κ1) is 16.2. The molecule has 0 radical (unpaired) electrons. The molecule has 0 spiro atoms. The van der Waals surface area contributed by atoms with Crippen molar-refractivity contribution in [1.29, 1.82) is 0 Å². The molecule has 2 rings (SSSR count). The van der Waals surface area contributed by atoms with Crippen LogP contribution in [-0.4, -0.2) is 62.5 Å². The van der Waals surface area contributed by atoms with E-state index in [0.29, 0.717) is 18.0 Å². The van der Waals surface area contributed by atoms with E-state index in [0.717, 1.165) is 45.4 Å². The van der Waals surface area contributed by atoms with Crippen LogP contribution in [0.2, 0.25) is 0 Å². The van der Waals surface area contributed by atoms with Crippen molar-refractivity contribution in [3.63, 3.8) is 0 Å². The average Bonchev–Trinajstić information content (AvgIpc) is 2.47. The van der Waals surface area contributed by atoms with Crippen molar-refractivity contribution in [1.82, 2.24) is 10.2 Å². The topological polar surface area (TPSA) is 33.7 Å². The van der Waals surface area contributed by atoms with Gasteiger partial charge in [0, 0.05) is 31.7 Å². The molecule has 2 aliphatic rings. The van der Waals surface area contributed by atoms with Gasteiger partial charge in [0.25, 0.3) is 0 Å². The lowest BCUT2D eigenvalue weighted by Gasteiger charge is -2.45. The molecule has 0 saturated carbocycles. The summed E-state index contributed by atoms with van der Waals surface area (Å²) in [5.41, 5.74) is 0. The van der Waals surface area contributed by atoms with E-state index >= 15 is 0 Å². The Balaban J connectivity index is 1.94. The fraction of sp³-hybridized carbons (Fsp3) is 1.00. The molecular weight excluding hydrogens is 252 g/mol. The van der Waals surface area contributed by atoms with Crippen LogP contribution in [-0.2, 0) is 9.47 Å². The number of piperazine rings is 1. The molecule has 2 fully saturated rings. The maximum Gasteiger partial charge on any atom is 0.0936 e. The highest BCUT2D eigenvalue weighted by Crippen LogP contribution is 2.21. The molecule has 0 amide bonds. The van der Waals surface area contributed by atoms with Crippen molar-refractivity contribution in [2.45, 2.75) is 52.3 Å². The second kappa shape index (κ2) is 7.74. The zero-order chi connectivity index (χ0) is 14.5. The van der Waals surface area contributed by atoms with Crippen LogP contribution >= 0.6 is 0 Å². The Labute approximate surface area is 124 Å². The third kappa shape index (κ3) is 4.17. The third-order valence-corrected chi connectivity index (χ3v) is 4.91. The monoisotopic (exact) mass is 284 g/mol. The van der Waals surface area contributed by atoms with Gasteiger partial charge in [-0.2, -0.15) is 0 Å². The Kier molecular flexibility index (Phi) is 6.27. The summed E-state index contributed by atoms with van der Waals surface area (Å²) in [4.78, 5) is 2.64. The van der Waals surface area contributed by atoms with Crippen LogP contribution in [0.1, 0.15) is 34.1 Å². The van der Waals surface area contributed by atoms with Crippen molar-refractivity contribution in [3.05, 3.63) is 0 Å². The predicted octanol–water partition coefficient (Wildman–Crippen LogP) is 1.75. The van der Waals surface area contributed by atoms with Crippen molar-refractivity contribution in [2.75, 3.05) is 39.5 Å². The zero-order valence-electron chi connectivity index (χ0n) is 13.6. The predicted molar refractivity (Wildman–Crippen MR) is 82.0 cm³/mol. The Morgan fingerprint density at radius 1 is 1.25 bits per heavy atom. The lowest BCUT2D eigenvalue weighted by molar-refractivity contribution is -0.105. The van der Waals surface area contributed by atoms with E-state index in [2.05, 4.69) is 37.9 Å². The minimum Gasteiger partial charge on any atom is -0.376 e. The van der Waals surface area contributed by atoms with Gasteiger partial charge in [-0.1, -0.05) is 34.1 Å². The lowest BCUT2D eigenvalue weighted by atomic mass is 9.92. The summed E-state index contributed by atoms with van der Waals surface area (Å²) in [7, 11) is 0. The molecular formula is C16H32N2O2. The average molecular weight is 284 g/mol. The minimum atomic E-state index is 0.251. The standard InChI is InChI=1S/C16H32N2O2/c1-5-13(4)15-10-18(16(8-17-15)12(2)3)9-14-11-19-6-7-20-14/h12-17H,5-11H2,1-4H3. The van der Waals surface area contributed by atoms with Gasteiger partial charge < -0.3 is 14.8 Å². The molecule has 0 aliphatic carbocycles. The highest BCUT2D eigenvalue weighted by molar-refractivity contribution is 4.90. The largest absolute Gasteiger partial charge is 0.376 e. The second-order valence-corrected chi connectivity index (χ2v) is 6.73. The molecule has 2 heterocycles. The second-order valence-electron chi connectivity index (χ2n) is 6.73. The van der Waals surface area contributed by atoms with E-state index in [9.17, 15) is 0 Å². The van der Waals surface area contributed by atoms with Crippen molar-refractivity contribution in [2.24, 2.45) is 11.8 Å².